The van der Waals surface area contributed by atoms with Gasteiger partial charge in [0.25, 0.3) is 0 Å². The van der Waals surface area contributed by atoms with E-state index in [-0.39, 0.29) is 28.7 Å². The van der Waals surface area contributed by atoms with Crippen LogP contribution < -0.4 is 4.90 Å². The van der Waals surface area contributed by atoms with Crippen molar-refractivity contribution in [1.82, 2.24) is 0 Å². The molecule has 0 atom stereocenters. The maximum absolute atomic E-state index is 13.0. The standard InChI is InChI=1S/C24H32N3O4S/c1-3-4-5-6-10-17-31-24(28)15-16-27(2)21-13-14-22(26-25)23(18-21)32(29,30)19-20-11-8-7-9-12-20/h7-9,11-14,18H,3-6,10,15-17,19H2,1-2H3/q+1. The first kappa shape index (κ1) is 25.3. The van der Waals surface area contributed by atoms with Gasteiger partial charge in [-0.1, -0.05) is 62.9 Å². The van der Waals surface area contributed by atoms with Crippen LogP contribution in [0.4, 0.5) is 11.4 Å². The summed E-state index contributed by atoms with van der Waals surface area (Å²) in [7, 11) is -1.96. The molecule has 0 aliphatic rings. The van der Waals surface area contributed by atoms with E-state index in [9.17, 15) is 18.6 Å². The van der Waals surface area contributed by atoms with E-state index in [1.54, 1.807) is 42.3 Å². The number of ether oxygens (including phenoxy) is 1. The van der Waals surface area contributed by atoms with Gasteiger partial charge in [0.15, 0.2) is 19.7 Å². The average molecular weight is 459 g/mol. The fourth-order valence-electron chi connectivity index (χ4n) is 3.30. The van der Waals surface area contributed by atoms with Gasteiger partial charge in [0.2, 0.25) is 5.39 Å². The lowest BCUT2D eigenvalue weighted by Crippen LogP contribution is -2.22. The zero-order valence-corrected chi connectivity index (χ0v) is 19.7. The summed E-state index contributed by atoms with van der Waals surface area (Å²) in [5.41, 5.74) is 1.24. The van der Waals surface area contributed by atoms with Gasteiger partial charge in [-0.3, -0.25) is 4.79 Å². The van der Waals surface area contributed by atoms with Crippen molar-refractivity contribution in [2.75, 3.05) is 25.1 Å². The van der Waals surface area contributed by atoms with Gasteiger partial charge in [0.1, 0.15) is 0 Å². The Morgan fingerprint density at radius 3 is 2.47 bits per heavy atom. The zero-order chi connectivity index (χ0) is 23.4. The molecule has 0 spiro atoms. The Morgan fingerprint density at radius 2 is 1.78 bits per heavy atom. The minimum Gasteiger partial charge on any atom is -0.466 e. The van der Waals surface area contributed by atoms with Crippen LogP contribution in [0.3, 0.4) is 0 Å². The van der Waals surface area contributed by atoms with Gasteiger partial charge in [-0.05, 0) is 24.1 Å². The second-order valence-electron chi connectivity index (χ2n) is 7.80. The van der Waals surface area contributed by atoms with Crippen LogP contribution in [0.5, 0.6) is 0 Å². The van der Waals surface area contributed by atoms with E-state index in [1.165, 1.54) is 25.0 Å². The second-order valence-corrected chi connectivity index (χ2v) is 9.76. The molecule has 0 radical (unpaired) electrons. The summed E-state index contributed by atoms with van der Waals surface area (Å²) in [5.74, 6) is -0.472. The molecule has 0 unspecified atom stereocenters. The van der Waals surface area contributed by atoms with E-state index in [2.05, 4.69) is 11.9 Å². The summed E-state index contributed by atoms with van der Waals surface area (Å²) in [5, 5.41) is 9.29. The molecule has 0 amide bonds. The van der Waals surface area contributed by atoms with E-state index in [0.29, 0.717) is 24.4 Å². The number of hydrogen-bond acceptors (Lipinski definition) is 6. The van der Waals surface area contributed by atoms with Gasteiger partial charge in [-0.25, -0.2) is 8.42 Å². The van der Waals surface area contributed by atoms with E-state index < -0.39 is 9.84 Å². The second kappa shape index (κ2) is 12.8. The lowest BCUT2D eigenvalue weighted by molar-refractivity contribution is -0.143. The average Bonchev–Trinajstić information content (AvgIpc) is 2.79. The Bertz CT molecular complexity index is 1020. The molecule has 0 aliphatic heterocycles. The molecular weight excluding hydrogens is 426 g/mol. The fraction of sp³-hybridized carbons (Fsp3) is 0.458. The third-order valence-corrected chi connectivity index (χ3v) is 6.90. The van der Waals surface area contributed by atoms with Crippen molar-refractivity contribution in [3.63, 3.8) is 0 Å². The molecule has 2 aromatic rings. The van der Waals surface area contributed by atoms with Crippen LogP contribution >= 0.6 is 0 Å². The first-order valence-electron chi connectivity index (χ1n) is 11.0. The van der Waals surface area contributed by atoms with Crippen molar-refractivity contribution in [2.45, 2.75) is 56.1 Å². The number of nitrogens with zero attached hydrogens (tertiary/aromatic N) is 3. The molecule has 2 aromatic carbocycles. The highest BCUT2D eigenvalue weighted by molar-refractivity contribution is 7.90. The number of carbonyl (C=O) groups is 1. The lowest BCUT2D eigenvalue weighted by Gasteiger charge is -2.19. The summed E-state index contributed by atoms with van der Waals surface area (Å²) < 4.78 is 31.2. The number of esters is 1. The van der Waals surface area contributed by atoms with Crippen LogP contribution in [0, 0.1) is 5.39 Å². The number of hydrogen-bond donors (Lipinski definition) is 0. The number of benzene rings is 2. The minimum absolute atomic E-state index is 0.0134. The molecule has 8 heteroatoms. The smallest absolute Gasteiger partial charge is 0.403 e. The first-order valence-corrected chi connectivity index (χ1v) is 12.6. The van der Waals surface area contributed by atoms with Crippen molar-refractivity contribution in [3.05, 3.63) is 59.1 Å². The normalized spacial score (nSPS) is 11.0. The Hall–Kier alpha value is -2.92. The van der Waals surface area contributed by atoms with Gasteiger partial charge < -0.3 is 9.64 Å². The highest BCUT2D eigenvalue weighted by atomic mass is 32.2. The first-order chi connectivity index (χ1) is 15.4. The monoisotopic (exact) mass is 458 g/mol. The van der Waals surface area contributed by atoms with Crippen LogP contribution in [-0.4, -0.2) is 34.6 Å². The fourth-order valence-corrected chi connectivity index (χ4v) is 4.81. The van der Waals surface area contributed by atoms with Crippen molar-refractivity contribution in [3.8, 4) is 0 Å². The molecule has 0 heterocycles. The SMILES string of the molecule is CCCCCCCOC(=O)CCN(C)c1ccc([N+]#N)c(S(=O)(=O)Cc2ccccc2)c1. The highest BCUT2D eigenvalue weighted by Crippen LogP contribution is 2.31. The summed E-state index contributed by atoms with van der Waals surface area (Å²) in [4.78, 5) is 16.9. The molecular formula is C24H32N3O4S+. The van der Waals surface area contributed by atoms with Gasteiger partial charge >= 0.3 is 11.7 Å². The van der Waals surface area contributed by atoms with Crippen molar-refractivity contribution in [1.29, 1.82) is 5.39 Å². The van der Waals surface area contributed by atoms with Crippen molar-refractivity contribution < 1.29 is 17.9 Å². The molecule has 0 aliphatic carbocycles. The third-order valence-electron chi connectivity index (χ3n) is 5.19. The van der Waals surface area contributed by atoms with Crippen LogP contribution in [-0.2, 0) is 25.1 Å². The Morgan fingerprint density at radius 1 is 1.06 bits per heavy atom. The molecule has 0 saturated carbocycles. The predicted molar refractivity (Wildman–Crippen MR) is 126 cm³/mol. The summed E-state index contributed by atoms with van der Waals surface area (Å²) >= 11 is 0. The minimum atomic E-state index is -3.74. The van der Waals surface area contributed by atoms with Crippen LogP contribution in [0.15, 0.2) is 53.4 Å². The van der Waals surface area contributed by atoms with E-state index in [1.807, 2.05) is 6.07 Å². The summed E-state index contributed by atoms with van der Waals surface area (Å²) in [6.07, 6.45) is 5.66. The zero-order valence-electron chi connectivity index (χ0n) is 18.9. The maximum Gasteiger partial charge on any atom is 0.403 e. The number of unbranched alkanes of at least 4 members (excludes halogenated alkanes) is 4. The van der Waals surface area contributed by atoms with Gasteiger partial charge in [-0.2, -0.15) is 0 Å². The molecule has 0 fully saturated rings. The molecule has 172 valence electrons. The summed E-state index contributed by atoms with van der Waals surface area (Å²) in [6.45, 7) is 2.97. The number of anilines is 1. The quantitative estimate of drug-likeness (QED) is 0.224. The van der Waals surface area contributed by atoms with Crippen LogP contribution in [0.2, 0.25) is 0 Å². The largest absolute Gasteiger partial charge is 0.466 e. The summed E-state index contributed by atoms with van der Waals surface area (Å²) in [6, 6.07) is 13.4. The van der Waals surface area contributed by atoms with E-state index in [0.717, 1.165) is 19.3 Å². The van der Waals surface area contributed by atoms with Crippen molar-refractivity contribution in [2.24, 2.45) is 0 Å². The topological polar surface area (TPSA) is 91.8 Å². The number of carbonyl (C=O) groups excluding carboxylic acids is 1. The highest BCUT2D eigenvalue weighted by Gasteiger charge is 2.27. The van der Waals surface area contributed by atoms with Gasteiger partial charge in [-0.15, -0.1) is 0 Å². The molecule has 0 N–H and O–H groups in total. The molecule has 7 nitrogen and oxygen atoms in total. The Kier molecular flexibility index (Phi) is 10.2. The molecule has 2 rings (SSSR count). The van der Waals surface area contributed by atoms with Gasteiger partial charge in [0, 0.05) is 25.3 Å². The molecule has 0 aromatic heterocycles. The molecule has 32 heavy (non-hydrogen) atoms. The number of sulfone groups is 1. The van der Waals surface area contributed by atoms with Crippen molar-refractivity contribution >= 4 is 27.2 Å². The Balaban J connectivity index is 1.98. The van der Waals surface area contributed by atoms with Crippen LogP contribution in [0.1, 0.15) is 51.0 Å². The Labute approximate surface area is 190 Å². The maximum atomic E-state index is 13.0. The van der Waals surface area contributed by atoms with Gasteiger partial charge in [0.05, 0.1) is 18.8 Å². The number of rotatable bonds is 13. The van der Waals surface area contributed by atoms with E-state index >= 15 is 0 Å². The third kappa shape index (κ3) is 7.97. The molecule has 0 saturated heterocycles. The number of diazo groups is 1. The van der Waals surface area contributed by atoms with Crippen LogP contribution in [0.25, 0.3) is 4.98 Å². The molecule has 0 bridgehead atoms. The lowest BCUT2D eigenvalue weighted by atomic mass is 10.2. The van der Waals surface area contributed by atoms with E-state index in [4.69, 9.17) is 4.74 Å². The predicted octanol–water partition coefficient (Wildman–Crippen LogP) is 5.48.